The molecule has 0 unspecified atom stereocenters. The molecule has 10 nitrogen and oxygen atoms in total. The number of hydrogen-bond donors (Lipinski definition) is 3. The van der Waals surface area contributed by atoms with E-state index in [1.165, 1.54) is 20.3 Å². The van der Waals surface area contributed by atoms with Crippen molar-refractivity contribution in [2.45, 2.75) is 19.8 Å². The number of fused-ring (bicyclic) bond motifs is 1. The van der Waals surface area contributed by atoms with Crippen molar-refractivity contribution in [3.63, 3.8) is 0 Å². The van der Waals surface area contributed by atoms with Gasteiger partial charge >= 0.3 is 0 Å². The summed E-state index contributed by atoms with van der Waals surface area (Å²) in [7, 11) is 4.66. The molecule has 3 aromatic rings. The average Bonchev–Trinajstić information content (AvgIpc) is 2.89. The van der Waals surface area contributed by atoms with Crippen molar-refractivity contribution in [2.75, 3.05) is 41.7 Å². The van der Waals surface area contributed by atoms with Crippen molar-refractivity contribution in [3.05, 3.63) is 64.3 Å². The molecular formula is C25H26Cl2N6O4. The van der Waals surface area contributed by atoms with Crippen molar-refractivity contribution in [2.24, 2.45) is 0 Å². The number of aryl methyl sites for hydroxylation is 1. The van der Waals surface area contributed by atoms with E-state index in [9.17, 15) is 9.90 Å². The Balaban J connectivity index is 1.70. The largest absolute Gasteiger partial charge is 0.495 e. The monoisotopic (exact) mass is 544 g/mol. The van der Waals surface area contributed by atoms with Gasteiger partial charge in [-0.1, -0.05) is 41.9 Å². The lowest BCUT2D eigenvalue weighted by Crippen LogP contribution is -2.51. The first-order valence-corrected chi connectivity index (χ1v) is 11.9. The van der Waals surface area contributed by atoms with Crippen LogP contribution in [0.25, 0.3) is 0 Å². The van der Waals surface area contributed by atoms with Gasteiger partial charge in [0.05, 0.1) is 37.8 Å². The fraction of sp³-hybridized carbons (Fsp3) is 0.240. The van der Waals surface area contributed by atoms with Gasteiger partial charge in [0.1, 0.15) is 27.4 Å². The van der Waals surface area contributed by atoms with Crippen LogP contribution in [-0.2, 0) is 11.3 Å². The van der Waals surface area contributed by atoms with E-state index in [1.807, 2.05) is 19.1 Å². The topological polar surface area (TPSA) is 112 Å². The van der Waals surface area contributed by atoms with Gasteiger partial charge in [0, 0.05) is 24.9 Å². The number of aliphatic hydroxyl groups is 1. The van der Waals surface area contributed by atoms with Crippen molar-refractivity contribution in [3.8, 4) is 11.5 Å². The SMILES string of the molecule is C=CC(=O)Nc1cccc(C)c1Nc1ncc2c(n1)N(C)[C@H](O)N(c1c(Cl)c(OC)cc(OC)c1Cl)C2. The Morgan fingerprint density at radius 1 is 1.24 bits per heavy atom. The van der Waals surface area contributed by atoms with Crippen LogP contribution in [0.5, 0.6) is 11.5 Å². The van der Waals surface area contributed by atoms with Crippen LogP contribution in [0.3, 0.4) is 0 Å². The highest BCUT2D eigenvalue weighted by molar-refractivity contribution is 6.41. The number of benzene rings is 2. The summed E-state index contributed by atoms with van der Waals surface area (Å²) >= 11 is 13.2. The molecular weight excluding hydrogens is 519 g/mol. The second-order valence-electron chi connectivity index (χ2n) is 8.20. The summed E-state index contributed by atoms with van der Waals surface area (Å²) in [5.41, 5.74) is 3.15. The van der Waals surface area contributed by atoms with Gasteiger partial charge in [-0.3, -0.25) is 4.79 Å². The molecule has 0 bridgehead atoms. The van der Waals surface area contributed by atoms with Crippen LogP contribution in [0.2, 0.25) is 10.0 Å². The van der Waals surface area contributed by atoms with Gasteiger partial charge in [-0.25, -0.2) is 4.98 Å². The number of methoxy groups -OCH3 is 2. The lowest BCUT2D eigenvalue weighted by atomic mass is 10.1. The molecule has 1 amide bonds. The third-order valence-electron chi connectivity index (χ3n) is 5.93. The highest BCUT2D eigenvalue weighted by Crippen LogP contribution is 2.48. The molecule has 0 saturated carbocycles. The fourth-order valence-electron chi connectivity index (χ4n) is 4.01. The van der Waals surface area contributed by atoms with E-state index in [0.717, 1.165) is 11.1 Å². The van der Waals surface area contributed by atoms with Gasteiger partial charge in [0.2, 0.25) is 18.2 Å². The number of aliphatic hydroxyl groups excluding tert-OH is 1. The standard InChI is InChI=1S/C25H26Cl2N6O4/c1-6-18(34)29-15-9-7-8-13(2)21(15)30-24-28-11-14-12-33(25(35)32(3)23(14)31-24)22-19(26)16(36-4)10-17(37-5)20(22)27/h6-11,25,35H,1,12H2,2-5H3,(H,29,34)(H,28,30,31)/t25-/m0/s1. The zero-order valence-electron chi connectivity index (χ0n) is 20.7. The number of ether oxygens (including phenoxy) is 2. The van der Waals surface area contributed by atoms with Crippen molar-refractivity contribution < 1.29 is 19.4 Å². The molecule has 0 radical (unpaired) electrons. The first-order chi connectivity index (χ1) is 17.7. The number of rotatable bonds is 7. The van der Waals surface area contributed by atoms with Crippen molar-refractivity contribution >= 4 is 57.9 Å². The summed E-state index contributed by atoms with van der Waals surface area (Å²) in [4.78, 5) is 24.2. The molecule has 0 saturated heterocycles. The number of carbonyl (C=O) groups is 1. The molecule has 2 aromatic carbocycles. The Hall–Kier alpha value is -3.73. The molecule has 37 heavy (non-hydrogen) atoms. The molecule has 0 spiro atoms. The smallest absolute Gasteiger partial charge is 0.247 e. The molecule has 194 valence electrons. The summed E-state index contributed by atoms with van der Waals surface area (Å²) in [6, 6.07) is 7.07. The van der Waals surface area contributed by atoms with Gasteiger partial charge in [-0.2, -0.15) is 4.98 Å². The quantitative estimate of drug-likeness (QED) is 0.364. The van der Waals surface area contributed by atoms with E-state index in [-0.39, 0.29) is 28.4 Å². The molecule has 1 aliphatic heterocycles. The summed E-state index contributed by atoms with van der Waals surface area (Å²) < 4.78 is 10.7. The van der Waals surface area contributed by atoms with Crippen LogP contribution >= 0.6 is 23.2 Å². The predicted octanol–water partition coefficient (Wildman–Crippen LogP) is 4.71. The average molecular weight is 545 g/mol. The first kappa shape index (κ1) is 26.3. The lowest BCUT2D eigenvalue weighted by molar-refractivity contribution is -0.111. The van der Waals surface area contributed by atoms with Crippen molar-refractivity contribution in [1.82, 2.24) is 9.97 Å². The normalized spacial score (nSPS) is 14.6. The molecule has 1 atom stereocenters. The number of aromatic nitrogens is 2. The third-order valence-corrected chi connectivity index (χ3v) is 6.66. The minimum absolute atomic E-state index is 0.210. The molecule has 12 heteroatoms. The Labute approximate surface area is 224 Å². The molecule has 0 aliphatic carbocycles. The van der Waals surface area contributed by atoms with Gasteiger partial charge in [-0.15, -0.1) is 0 Å². The highest BCUT2D eigenvalue weighted by atomic mass is 35.5. The maximum Gasteiger partial charge on any atom is 0.247 e. The van der Waals surface area contributed by atoms with Gasteiger partial charge in [-0.05, 0) is 24.6 Å². The maximum absolute atomic E-state index is 11.9. The number of para-hydroxylation sites is 1. The van der Waals surface area contributed by atoms with Crippen LogP contribution in [0, 0.1) is 6.92 Å². The Morgan fingerprint density at radius 3 is 2.54 bits per heavy atom. The minimum atomic E-state index is -1.16. The number of hydrogen-bond acceptors (Lipinski definition) is 9. The maximum atomic E-state index is 11.9. The van der Waals surface area contributed by atoms with E-state index in [0.29, 0.717) is 34.4 Å². The molecule has 2 heterocycles. The first-order valence-electron chi connectivity index (χ1n) is 11.1. The second kappa shape index (κ2) is 10.7. The zero-order valence-corrected chi connectivity index (χ0v) is 22.2. The molecule has 4 rings (SSSR count). The van der Waals surface area contributed by atoms with Gasteiger partial charge in [0.15, 0.2) is 0 Å². The van der Waals surface area contributed by atoms with Gasteiger partial charge in [0.25, 0.3) is 0 Å². The summed E-state index contributed by atoms with van der Waals surface area (Å²) in [5, 5.41) is 17.6. The third kappa shape index (κ3) is 4.95. The minimum Gasteiger partial charge on any atom is -0.495 e. The number of nitrogens with one attached hydrogen (secondary N) is 2. The van der Waals surface area contributed by atoms with Crippen LogP contribution in [0.1, 0.15) is 11.1 Å². The van der Waals surface area contributed by atoms with Crippen LogP contribution in [0.15, 0.2) is 43.1 Å². The Kier molecular flexibility index (Phi) is 7.63. The number of nitrogens with zero attached hydrogens (tertiary/aromatic N) is 4. The van der Waals surface area contributed by atoms with E-state index in [1.54, 1.807) is 35.2 Å². The van der Waals surface area contributed by atoms with Crippen LogP contribution in [-0.4, -0.2) is 48.6 Å². The van der Waals surface area contributed by atoms with Crippen molar-refractivity contribution in [1.29, 1.82) is 0 Å². The zero-order chi connectivity index (χ0) is 26.9. The number of amides is 1. The van der Waals surface area contributed by atoms with Gasteiger partial charge < -0.3 is 35.0 Å². The number of carbonyl (C=O) groups excluding carboxylic acids is 1. The Morgan fingerprint density at radius 2 is 1.92 bits per heavy atom. The Bertz CT molecular complexity index is 1340. The van der Waals surface area contributed by atoms with E-state index in [2.05, 4.69) is 27.2 Å². The number of halogens is 2. The van der Waals surface area contributed by atoms with E-state index >= 15 is 0 Å². The number of anilines is 5. The highest BCUT2D eigenvalue weighted by Gasteiger charge is 2.34. The fourth-order valence-corrected chi connectivity index (χ4v) is 4.73. The van der Waals surface area contributed by atoms with Crippen LogP contribution in [0.4, 0.5) is 28.8 Å². The summed E-state index contributed by atoms with van der Waals surface area (Å²) in [5.74, 6) is 1.16. The predicted molar refractivity (Wildman–Crippen MR) is 145 cm³/mol. The molecule has 1 aromatic heterocycles. The van der Waals surface area contributed by atoms with E-state index in [4.69, 9.17) is 32.7 Å². The second-order valence-corrected chi connectivity index (χ2v) is 8.96. The molecule has 0 fully saturated rings. The summed E-state index contributed by atoms with van der Waals surface area (Å²) in [6.07, 6.45) is 1.68. The lowest BCUT2D eigenvalue weighted by Gasteiger charge is -2.42. The molecule has 1 aliphatic rings. The molecule has 3 N–H and O–H groups in total. The van der Waals surface area contributed by atoms with Crippen LogP contribution < -0.4 is 29.9 Å². The summed E-state index contributed by atoms with van der Waals surface area (Å²) in [6.45, 7) is 5.60. The van der Waals surface area contributed by atoms with E-state index < -0.39 is 6.35 Å².